The number of rotatable bonds is 8. The number of carbonyl (C=O) groups excluding carboxylic acids is 3. The van der Waals surface area contributed by atoms with Gasteiger partial charge < -0.3 is 20.3 Å². The van der Waals surface area contributed by atoms with Crippen LogP contribution < -0.4 is 10.6 Å². The molecule has 1 unspecified atom stereocenters. The summed E-state index contributed by atoms with van der Waals surface area (Å²) in [5.41, 5.74) is 1.44. The fraction of sp³-hybridized carbons (Fsp3) is 0.571. The van der Waals surface area contributed by atoms with Gasteiger partial charge in [0.25, 0.3) is 5.91 Å². The standard InChI is InChI=1S/C21H31N3O4/c1-4-11-22-21(27)19(23-20(26)17-8-6-5-7-15(17)2)16-9-12-24(13-10-16)18(25)14-28-3/h5-8,16,19H,4,9-14H2,1-3H3,(H,22,27)(H,23,26). The van der Waals surface area contributed by atoms with E-state index in [0.717, 1.165) is 12.0 Å². The predicted octanol–water partition coefficient (Wildman–Crippen LogP) is 1.50. The highest BCUT2D eigenvalue weighted by Crippen LogP contribution is 2.22. The number of amides is 3. The number of benzene rings is 1. The van der Waals surface area contributed by atoms with Gasteiger partial charge in [0.05, 0.1) is 0 Å². The Hall–Kier alpha value is -2.41. The van der Waals surface area contributed by atoms with E-state index in [-0.39, 0.29) is 30.2 Å². The number of carbonyl (C=O) groups is 3. The molecule has 0 spiro atoms. The van der Waals surface area contributed by atoms with Crippen LogP contribution in [0.4, 0.5) is 0 Å². The van der Waals surface area contributed by atoms with Gasteiger partial charge in [-0.25, -0.2) is 0 Å². The lowest BCUT2D eigenvalue weighted by atomic mass is 9.88. The van der Waals surface area contributed by atoms with Gasteiger partial charge in [0.15, 0.2) is 0 Å². The molecule has 0 saturated carbocycles. The van der Waals surface area contributed by atoms with Crippen LogP contribution in [0.2, 0.25) is 0 Å². The van der Waals surface area contributed by atoms with Crippen molar-refractivity contribution in [2.24, 2.45) is 5.92 Å². The Morgan fingerprint density at radius 1 is 1.21 bits per heavy atom. The monoisotopic (exact) mass is 389 g/mol. The summed E-state index contributed by atoms with van der Waals surface area (Å²) in [6.07, 6.45) is 2.15. The molecular weight excluding hydrogens is 358 g/mol. The second-order valence-electron chi connectivity index (χ2n) is 7.21. The molecule has 7 nitrogen and oxygen atoms in total. The first-order valence-corrected chi connectivity index (χ1v) is 9.88. The molecule has 2 N–H and O–H groups in total. The molecule has 1 aliphatic heterocycles. The number of nitrogens with one attached hydrogen (secondary N) is 2. The molecule has 1 fully saturated rings. The quantitative estimate of drug-likeness (QED) is 0.705. The van der Waals surface area contributed by atoms with Gasteiger partial charge in [-0.1, -0.05) is 25.1 Å². The summed E-state index contributed by atoms with van der Waals surface area (Å²) in [4.78, 5) is 39.3. The van der Waals surface area contributed by atoms with Crippen molar-refractivity contribution in [1.29, 1.82) is 0 Å². The smallest absolute Gasteiger partial charge is 0.252 e. The summed E-state index contributed by atoms with van der Waals surface area (Å²) in [7, 11) is 1.50. The van der Waals surface area contributed by atoms with Crippen molar-refractivity contribution >= 4 is 17.7 Å². The Morgan fingerprint density at radius 2 is 1.89 bits per heavy atom. The topological polar surface area (TPSA) is 87.7 Å². The van der Waals surface area contributed by atoms with E-state index < -0.39 is 6.04 Å². The van der Waals surface area contributed by atoms with Crippen molar-refractivity contribution in [1.82, 2.24) is 15.5 Å². The Bertz CT molecular complexity index is 684. The van der Waals surface area contributed by atoms with Gasteiger partial charge in [-0.05, 0) is 43.7 Å². The number of hydrogen-bond acceptors (Lipinski definition) is 4. The lowest BCUT2D eigenvalue weighted by Crippen LogP contribution is -2.54. The fourth-order valence-corrected chi connectivity index (χ4v) is 3.50. The van der Waals surface area contributed by atoms with E-state index in [1.165, 1.54) is 7.11 Å². The summed E-state index contributed by atoms with van der Waals surface area (Å²) in [5.74, 6) is -0.466. The van der Waals surface area contributed by atoms with Crippen molar-refractivity contribution in [3.63, 3.8) is 0 Å². The fourth-order valence-electron chi connectivity index (χ4n) is 3.50. The van der Waals surface area contributed by atoms with Crippen molar-refractivity contribution in [3.05, 3.63) is 35.4 Å². The van der Waals surface area contributed by atoms with Crippen molar-refractivity contribution in [2.45, 2.75) is 39.2 Å². The summed E-state index contributed by atoms with van der Waals surface area (Å²) in [6.45, 7) is 5.62. The van der Waals surface area contributed by atoms with Crippen LogP contribution in [-0.2, 0) is 14.3 Å². The summed E-state index contributed by atoms with van der Waals surface area (Å²) >= 11 is 0. The van der Waals surface area contributed by atoms with Crippen LogP contribution in [0.15, 0.2) is 24.3 Å². The number of nitrogens with zero attached hydrogens (tertiary/aromatic N) is 1. The van der Waals surface area contributed by atoms with Crippen LogP contribution in [0.25, 0.3) is 0 Å². The van der Waals surface area contributed by atoms with E-state index >= 15 is 0 Å². The van der Waals surface area contributed by atoms with E-state index in [2.05, 4.69) is 10.6 Å². The van der Waals surface area contributed by atoms with Crippen molar-refractivity contribution < 1.29 is 19.1 Å². The largest absolute Gasteiger partial charge is 0.375 e. The molecule has 0 bridgehead atoms. The highest BCUT2D eigenvalue weighted by molar-refractivity contribution is 5.98. The zero-order valence-corrected chi connectivity index (χ0v) is 17.0. The van der Waals surface area contributed by atoms with E-state index in [4.69, 9.17) is 4.74 Å². The molecule has 7 heteroatoms. The Balaban J connectivity index is 2.08. The molecule has 1 aromatic rings. The lowest BCUT2D eigenvalue weighted by Gasteiger charge is -2.35. The van der Waals surface area contributed by atoms with Crippen molar-refractivity contribution in [3.8, 4) is 0 Å². The predicted molar refractivity (Wildman–Crippen MR) is 107 cm³/mol. The number of piperidine rings is 1. The number of methoxy groups -OCH3 is 1. The number of ether oxygens (including phenoxy) is 1. The second-order valence-corrected chi connectivity index (χ2v) is 7.21. The molecule has 154 valence electrons. The first-order valence-electron chi connectivity index (χ1n) is 9.88. The molecule has 1 heterocycles. The first kappa shape index (κ1) is 21.9. The van der Waals surface area contributed by atoms with E-state index in [1.807, 2.05) is 32.0 Å². The third-order valence-corrected chi connectivity index (χ3v) is 5.14. The van der Waals surface area contributed by atoms with Crippen molar-refractivity contribution in [2.75, 3.05) is 33.4 Å². The molecule has 0 radical (unpaired) electrons. The molecule has 0 aliphatic carbocycles. The normalized spacial score (nSPS) is 15.8. The summed E-state index contributed by atoms with van der Waals surface area (Å²) in [5, 5.41) is 5.84. The maximum atomic E-state index is 12.8. The zero-order valence-electron chi connectivity index (χ0n) is 17.0. The summed E-state index contributed by atoms with van der Waals surface area (Å²) < 4.78 is 4.91. The molecular formula is C21H31N3O4. The third-order valence-electron chi connectivity index (χ3n) is 5.14. The van der Waals surface area contributed by atoms with E-state index in [1.54, 1.807) is 11.0 Å². The van der Waals surface area contributed by atoms with Crippen LogP contribution in [-0.4, -0.2) is 62.0 Å². The number of hydrogen-bond donors (Lipinski definition) is 2. The highest BCUT2D eigenvalue weighted by atomic mass is 16.5. The minimum absolute atomic E-state index is 0.0172. The van der Waals surface area contributed by atoms with Gasteiger partial charge in [0.1, 0.15) is 12.6 Å². The van der Waals surface area contributed by atoms with Crippen LogP contribution in [0.1, 0.15) is 42.1 Å². The Morgan fingerprint density at radius 3 is 2.50 bits per heavy atom. The van der Waals surface area contributed by atoms with Crippen LogP contribution in [0.3, 0.4) is 0 Å². The van der Waals surface area contributed by atoms with Gasteiger partial charge in [-0.15, -0.1) is 0 Å². The van der Waals surface area contributed by atoms with Gasteiger partial charge >= 0.3 is 0 Å². The lowest BCUT2D eigenvalue weighted by molar-refractivity contribution is -0.136. The number of aryl methyl sites for hydroxylation is 1. The molecule has 2 rings (SSSR count). The molecule has 1 saturated heterocycles. The first-order chi connectivity index (χ1) is 13.5. The maximum absolute atomic E-state index is 12.8. The van der Waals surface area contributed by atoms with Gasteiger partial charge in [-0.3, -0.25) is 14.4 Å². The Kier molecular flexibility index (Phi) is 8.44. The highest BCUT2D eigenvalue weighted by Gasteiger charge is 2.34. The minimum atomic E-state index is -0.613. The van der Waals surface area contributed by atoms with Crippen LogP contribution >= 0.6 is 0 Å². The van der Waals surface area contributed by atoms with Crippen LogP contribution in [0.5, 0.6) is 0 Å². The van der Waals surface area contributed by atoms with E-state index in [9.17, 15) is 14.4 Å². The third kappa shape index (κ3) is 5.79. The molecule has 0 aromatic heterocycles. The molecule has 28 heavy (non-hydrogen) atoms. The molecule has 1 aliphatic rings. The minimum Gasteiger partial charge on any atom is -0.375 e. The van der Waals surface area contributed by atoms with Gasteiger partial charge in [-0.2, -0.15) is 0 Å². The second kappa shape index (κ2) is 10.8. The van der Waals surface area contributed by atoms with Gasteiger partial charge in [0.2, 0.25) is 11.8 Å². The maximum Gasteiger partial charge on any atom is 0.252 e. The average Bonchev–Trinajstić information content (AvgIpc) is 2.70. The summed E-state index contributed by atoms with van der Waals surface area (Å²) in [6, 6.07) is 6.72. The van der Waals surface area contributed by atoms with E-state index in [0.29, 0.717) is 38.0 Å². The molecule has 3 amide bonds. The average molecular weight is 389 g/mol. The van der Waals surface area contributed by atoms with Gasteiger partial charge in [0, 0.05) is 32.3 Å². The zero-order chi connectivity index (χ0) is 20.5. The van der Waals surface area contributed by atoms with Crippen LogP contribution in [0, 0.1) is 12.8 Å². The molecule has 1 aromatic carbocycles. The SMILES string of the molecule is CCCNC(=O)C(NC(=O)c1ccccc1C)C1CCN(C(=O)COC)CC1. The number of likely N-dealkylation sites (tertiary alicyclic amines) is 1. The Labute approximate surface area is 166 Å². The molecule has 1 atom stereocenters.